The van der Waals surface area contributed by atoms with Crippen molar-refractivity contribution in [2.45, 2.75) is 13.3 Å². The lowest BCUT2D eigenvalue weighted by atomic mass is 10.1. The number of nitrogens with zero attached hydrogens (tertiary/aromatic N) is 2. The van der Waals surface area contributed by atoms with Gasteiger partial charge in [0.1, 0.15) is 5.15 Å². The standard InChI is InChI=1S/C13H11Cl2N3O/c1-8-6-11(15)17-13(16-8)18-12(19)7-9-2-4-10(14)5-3-9/h2-6H,7H2,1H3,(H,16,17,18,19). The van der Waals surface area contributed by atoms with Crippen molar-refractivity contribution < 1.29 is 4.79 Å². The van der Waals surface area contributed by atoms with Crippen LogP contribution >= 0.6 is 23.2 Å². The molecule has 1 amide bonds. The van der Waals surface area contributed by atoms with Gasteiger partial charge in [0.05, 0.1) is 6.42 Å². The fourth-order valence-electron chi connectivity index (χ4n) is 1.54. The number of anilines is 1. The number of carbonyl (C=O) groups is 1. The van der Waals surface area contributed by atoms with Gasteiger partial charge in [-0.05, 0) is 30.7 Å². The molecule has 0 saturated heterocycles. The first-order valence-electron chi connectivity index (χ1n) is 5.58. The Morgan fingerprint density at radius 1 is 1.21 bits per heavy atom. The summed E-state index contributed by atoms with van der Waals surface area (Å²) in [6.45, 7) is 1.78. The fraction of sp³-hybridized carbons (Fsp3) is 0.154. The van der Waals surface area contributed by atoms with Crippen molar-refractivity contribution in [2.75, 3.05) is 5.32 Å². The molecular formula is C13H11Cl2N3O. The maximum atomic E-state index is 11.8. The highest BCUT2D eigenvalue weighted by molar-refractivity contribution is 6.30. The third kappa shape index (κ3) is 4.19. The molecule has 0 aliphatic carbocycles. The van der Waals surface area contributed by atoms with E-state index in [4.69, 9.17) is 23.2 Å². The molecule has 6 heteroatoms. The third-order valence-electron chi connectivity index (χ3n) is 2.35. The lowest BCUT2D eigenvalue weighted by molar-refractivity contribution is -0.115. The summed E-state index contributed by atoms with van der Waals surface area (Å²) in [5.74, 6) is 0.00736. The molecule has 0 aliphatic heterocycles. The Morgan fingerprint density at radius 3 is 2.53 bits per heavy atom. The number of hydrogen-bond acceptors (Lipinski definition) is 3. The number of hydrogen-bond donors (Lipinski definition) is 1. The van der Waals surface area contributed by atoms with Crippen LogP contribution < -0.4 is 5.32 Å². The predicted molar refractivity (Wildman–Crippen MR) is 75.6 cm³/mol. The first-order chi connectivity index (χ1) is 9.02. The number of nitrogens with one attached hydrogen (secondary N) is 1. The summed E-state index contributed by atoms with van der Waals surface area (Å²) in [7, 11) is 0. The first-order valence-corrected chi connectivity index (χ1v) is 6.34. The molecule has 0 aliphatic rings. The number of halogens is 2. The van der Waals surface area contributed by atoms with E-state index in [2.05, 4.69) is 15.3 Å². The van der Waals surface area contributed by atoms with Crippen LogP contribution in [0.25, 0.3) is 0 Å². The van der Waals surface area contributed by atoms with Gasteiger partial charge in [-0.1, -0.05) is 35.3 Å². The Kier molecular flexibility index (Phi) is 4.35. The van der Waals surface area contributed by atoms with Crippen molar-refractivity contribution in [3.63, 3.8) is 0 Å². The van der Waals surface area contributed by atoms with E-state index < -0.39 is 0 Å². The number of rotatable bonds is 3. The van der Waals surface area contributed by atoms with Crippen molar-refractivity contribution in [3.8, 4) is 0 Å². The first kappa shape index (κ1) is 13.8. The second kappa shape index (κ2) is 5.99. The van der Waals surface area contributed by atoms with Crippen LogP contribution in [0.2, 0.25) is 10.2 Å². The molecule has 0 spiro atoms. The molecule has 1 aromatic heterocycles. The lowest BCUT2D eigenvalue weighted by Gasteiger charge is -2.05. The molecule has 0 bridgehead atoms. The van der Waals surface area contributed by atoms with Crippen LogP contribution in [0.15, 0.2) is 30.3 Å². The van der Waals surface area contributed by atoms with Crippen LogP contribution in [0.3, 0.4) is 0 Å². The average Bonchev–Trinajstić information content (AvgIpc) is 2.30. The topological polar surface area (TPSA) is 54.9 Å². The van der Waals surface area contributed by atoms with Gasteiger partial charge in [0.25, 0.3) is 0 Å². The minimum absolute atomic E-state index is 0.205. The SMILES string of the molecule is Cc1cc(Cl)nc(NC(=O)Cc2ccc(Cl)cc2)n1. The second-order valence-electron chi connectivity index (χ2n) is 4.01. The van der Waals surface area contributed by atoms with Crippen LogP contribution in [0.4, 0.5) is 5.95 Å². The number of carbonyl (C=O) groups excluding carboxylic acids is 1. The van der Waals surface area contributed by atoms with Gasteiger partial charge < -0.3 is 0 Å². The smallest absolute Gasteiger partial charge is 0.231 e. The molecule has 0 radical (unpaired) electrons. The molecule has 4 nitrogen and oxygen atoms in total. The Balaban J connectivity index is 2.03. The normalized spacial score (nSPS) is 10.3. The highest BCUT2D eigenvalue weighted by atomic mass is 35.5. The van der Waals surface area contributed by atoms with Crippen molar-refractivity contribution in [2.24, 2.45) is 0 Å². The van der Waals surface area contributed by atoms with Crippen LogP contribution in [0.1, 0.15) is 11.3 Å². The maximum Gasteiger partial charge on any atom is 0.231 e. The molecule has 0 atom stereocenters. The quantitative estimate of drug-likeness (QED) is 0.884. The highest BCUT2D eigenvalue weighted by Crippen LogP contribution is 2.12. The Bertz CT molecular complexity index is 579. The van der Waals surface area contributed by atoms with Gasteiger partial charge in [0, 0.05) is 10.7 Å². The monoisotopic (exact) mass is 295 g/mol. The molecule has 19 heavy (non-hydrogen) atoms. The van der Waals surface area contributed by atoms with Crippen LogP contribution in [0.5, 0.6) is 0 Å². The Morgan fingerprint density at radius 2 is 1.89 bits per heavy atom. The van der Waals surface area contributed by atoms with Crippen molar-refractivity contribution in [1.82, 2.24) is 9.97 Å². The molecule has 0 unspecified atom stereocenters. The van der Waals surface area contributed by atoms with E-state index in [0.717, 1.165) is 5.56 Å². The van der Waals surface area contributed by atoms with Gasteiger partial charge in [0.15, 0.2) is 0 Å². The third-order valence-corrected chi connectivity index (χ3v) is 2.80. The number of benzene rings is 1. The molecule has 0 fully saturated rings. The molecule has 0 saturated carbocycles. The summed E-state index contributed by atoms with van der Waals surface area (Å²) in [5, 5.41) is 3.55. The summed E-state index contributed by atoms with van der Waals surface area (Å²) in [4.78, 5) is 19.8. The largest absolute Gasteiger partial charge is 0.294 e. The van der Waals surface area contributed by atoms with Crippen LogP contribution in [0, 0.1) is 6.92 Å². The Labute approximate surface area is 120 Å². The summed E-state index contributed by atoms with van der Waals surface area (Å²) >= 11 is 11.6. The highest BCUT2D eigenvalue weighted by Gasteiger charge is 2.07. The maximum absolute atomic E-state index is 11.8. The summed E-state index contributed by atoms with van der Waals surface area (Å²) in [6.07, 6.45) is 0.228. The number of aromatic nitrogens is 2. The zero-order valence-corrected chi connectivity index (χ0v) is 11.7. The zero-order valence-electron chi connectivity index (χ0n) is 10.2. The molecule has 2 aromatic rings. The summed E-state index contributed by atoms with van der Waals surface area (Å²) in [5.41, 5.74) is 1.56. The van der Waals surface area contributed by atoms with Crippen molar-refractivity contribution >= 4 is 35.1 Å². The lowest BCUT2D eigenvalue weighted by Crippen LogP contribution is -2.16. The van der Waals surface area contributed by atoms with E-state index in [1.165, 1.54) is 0 Å². The van der Waals surface area contributed by atoms with Crippen LogP contribution in [-0.2, 0) is 11.2 Å². The fourth-order valence-corrected chi connectivity index (χ4v) is 1.91. The van der Waals surface area contributed by atoms with Crippen molar-refractivity contribution in [3.05, 3.63) is 51.8 Å². The van der Waals surface area contributed by atoms with Crippen molar-refractivity contribution in [1.29, 1.82) is 0 Å². The molecule has 2 rings (SSSR count). The van der Waals surface area contributed by atoms with Gasteiger partial charge in [-0.25, -0.2) is 9.97 Å². The molecule has 1 aromatic carbocycles. The molecule has 1 N–H and O–H groups in total. The van der Waals surface area contributed by atoms with Gasteiger partial charge >= 0.3 is 0 Å². The molecule has 98 valence electrons. The van der Waals surface area contributed by atoms with E-state index in [0.29, 0.717) is 15.9 Å². The minimum Gasteiger partial charge on any atom is -0.294 e. The van der Waals surface area contributed by atoms with E-state index in [9.17, 15) is 4.79 Å². The summed E-state index contributed by atoms with van der Waals surface area (Å²) < 4.78 is 0. The summed E-state index contributed by atoms with van der Waals surface area (Å²) in [6, 6.07) is 8.70. The predicted octanol–water partition coefficient (Wildman–Crippen LogP) is 3.27. The number of amides is 1. The van der Waals surface area contributed by atoms with Gasteiger partial charge in [-0.2, -0.15) is 0 Å². The molecular weight excluding hydrogens is 285 g/mol. The van der Waals surface area contributed by atoms with E-state index in [1.807, 2.05) is 0 Å². The zero-order chi connectivity index (χ0) is 13.8. The second-order valence-corrected chi connectivity index (χ2v) is 4.83. The average molecular weight is 296 g/mol. The van der Waals surface area contributed by atoms with Gasteiger partial charge in [0.2, 0.25) is 11.9 Å². The Hall–Kier alpha value is -1.65. The van der Waals surface area contributed by atoms with Gasteiger partial charge in [-0.3, -0.25) is 10.1 Å². The van der Waals surface area contributed by atoms with Gasteiger partial charge in [-0.15, -0.1) is 0 Å². The minimum atomic E-state index is -0.205. The van der Waals surface area contributed by atoms with E-state index in [1.54, 1.807) is 37.3 Å². The number of aryl methyl sites for hydroxylation is 1. The van der Waals surface area contributed by atoms with Crippen LogP contribution in [-0.4, -0.2) is 15.9 Å². The van der Waals surface area contributed by atoms with E-state index in [-0.39, 0.29) is 18.3 Å². The van der Waals surface area contributed by atoms with E-state index >= 15 is 0 Å². The molecule has 1 heterocycles.